The summed E-state index contributed by atoms with van der Waals surface area (Å²) < 4.78 is 9.37. The number of alkyl carbamates (subject to hydrolysis) is 1. The average Bonchev–Trinajstić information content (AvgIpc) is 3.15. The summed E-state index contributed by atoms with van der Waals surface area (Å²) in [5, 5.41) is 17.4. The van der Waals surface area contributed by atoms with Crippen molar-refractivity contribution in [1.82, 2.24) is 19.5 Å². The molecule has 0 radical (unpaired) electrons. The number of ether oxygens (including phenoxy) is 1. The van der Waals surface area contributed by atoms with Crippen molar-refractivity contribution >= 4 is 33.5 Å². The molecule has 3 heterocycles. The third-order valence-electron chi connectivity index (χ3n) is 5.80. The lowest BCUT2D eigenvalue weighted by Gasteiger charge is -2.35. The van der Waals surface area contributed by atoms with Crippen LogP contribution in [0.2, 0.25) is 0 Å². The summed E-state index contributed by atoms with van der Waals surface area (Å²) in [4.78, 5) is 28.0. The summed E-state index contributed by atoms with van der Waals surface area (Å²) >= 11 is 3.44. The summed E-state index contributed by atoms with van der Waals surface area (Å²) in [5.74, 6) is 0.492. The number of hydrogen-bond donors (Lipinski definition) is 1. The van der Waals surface area contributed by atoms with Gasteiger partial charge in [0.1, 0.15) is 11.1 Å². The minimum atomic E-state index is -0.584. The van der Waals surface area contributed by atoms with Crippen molar-refractivity contribution in [3.8, 4) is 6.07 Å². The van der Waals surface area contributed by atoms with Crippen molar-refractivity contribution in [1.29, 1.82) is 5.26 Å². The summed E-state index contributed by atoms with van der Waals surface area (Å²) in [6.07, 6.45) is 2.90. The van der Waals surface area contributed by atoms with E-state index in [-0.39, 0.29) is 18.1 Å². The Labute approximate surface area is 212 Å². The number of benzene rings is 1. The topological polar surface area (TPSA) is 105 Å². The summed E-state index contributed by atoms with van der Waals surface area (Å²) in [7, 11) is 0. The molecule has 2 aromatic heterocycles. The molecule has 1 aliphatic heterocycles. The number of carbonyl (C=O) groups excluding carboxylic acids is 1. The Morgan fingerprint density at radius 1 is 1.34 bits per heavy atom. The van der Waals surface area contributed by atoms with Gasteiger partial charge in [-0.15, -0.1) is 5.10 Å². The molecule has 1 aliphatic rings. The smallest absolute Gasteiger partial charge is 0.407 e. The second-order valence-corrected chi connectivity index (χ2v) is 10.8. The van der Waals surface area contributed by atoms with Crippen LogP contribution >= 0.6 is 15.9 Å². The highest BCUT2D eigenvalue weighted by molar-refractivity contribution is 9.10. The van der Waals surface area contributed by atoms with E-state index in [9.17, 15) is 14.9 Å². The van der Waals surface area contributed by atoms with E-state index in [1.807, 2.05) is 44.7 Å². The Morgan fingerprint density at radius 2 is 2.11 bits per heavy atom. The molecular formula is C25H29BrN6O3. The van der Waals surface area contributed by atoms with E-state index in [0.29, 0.717) is 30.1 Å². The largest absolute Gasteiger partial charge is 0.444 e. The third kappa shape index (κ3) is 5.68. The SMILES string of the molecule is Cc1ccc(C#N)c(Cn2c(N3CCC[C@@H](NC(=O)OC(C)(C)C)C3)nn3cc(Br)cc3c2=O)c1. The molecule has 0 unspecified atom stereocenters. The molecule has 184 valence electrons. The fraction of sp³-hybridized carbons (Fsp3) is 0.440. The maximum atomic E-state index is 13.6. The van der Waals surface area contributed by atoms with Crippen molar-refractivity contribution < 1.29 is 9.53 Å². The van der Waals surface area contributed by atoms with Crippen LogP contribution in [0.5, 0.6) is 0 Å². The molecule has 10 heteroatoms. The number of aromatic nitrogens is 3. The van der Waals surface area contributed by atoms with Gasteiger partial charge in [-0.2, -0.15) is 5.26 Å². The molecule has 1 N–H and O–H groups in total. The Bertz CT molecular complexity index is 1360. The Morgan fingerprint density at radius 3 is 2.83 bits per heavy atom. The average molecular weight is 541 g/mol. The van der Waals surface area contributed by atoms with E-state index < -0.39 is 11.7 Å². The number of fused-ring (bicyclic) bond motifs is 1. The molecule has 1 aromatic carbocycles. The number of anilines is 1. The van der Waals surface area contributed by atoms with Crippen LogP contribution in [0.1, 0.15) is 50.3 Å². The summed E-state index contributed by atoms with van der Waals surface area (Å²) in [6, 6.07) is 9.40. The zero-order valence-electron chi connectivity index (χ0n) is 20.3. The van der Waals surface area contributed by atoms with Gasteiger partial charge in [0.05, 0.1) is 18.2 Å². The lowest BCUT2D eigenvalue weighted by Crippen LogP contribution is -2.50. The molecule has 0 aliphatic carbocycles. The Hall–Kier alpha value is -3.32. The number of carbonyl (C=O) groups is 1. The van der Waals surface area contributed by atoms with E-state index in [1.54, 1.807) is 27.4 Å². The van der Waals surface area contributed by atoms with Crippen LogP contribution in [0.3, 0.4) is 0 Å². The fourth-order valence-corrected chi connectivity index (χ4v) is 4.71. The highest BCUT2D eigenvalue weighted by Gasteiger charge is 2.27. The molecule has 0 saturated carbocycles. The van der Waals surface area contributed by atoms with E-state index in [4.69, 9.17) is 9.84 Å². The van der Waals surface area contributed by atoms with Crippen LogP contribution in [0.4, 0.5) is 10.7 Å². The van der Waals surface area contributed by atoms with Gasteiger partial charge in [0, 0.05) is 29.8 Å². The van der Waals surface area contributed by atoms with E-state index in [0.717, 1.165) is 28.4 Å². The maximum absolute atomic E-state index is 13.6. The highest BCUT2D eigenvalue weighted by Crippen LogP contribution is 2.22. The van der Waals surface area contributed by atoms with Gasteiger partial charge in [-0.1, -0.05) is 17.7 Å². The normalized spacial score (nSPS) is 16.2. The van der Waals surface area contributed by atoms with Crippen LogP contribution < -0.4 is 15.8 Å². The highest BCUT2D eigenvalue weighted by atomic mass is 79.9. The fourth-order valence-electron chi connectivity index (χ4n) is 4.30. The minimum absolute atomic E-state index is 0.148. The number of nitrogens with one attached hydrogen (secondary N) is 1. The van der Waals surface area contributed by atoms with Gasteiger partial charge >= 0.3 is 6.09 Å². The van der Waals surface area contributed by atoms with Crippen molar-refractivity contribution in [2.24, 2.45) is 0 Å². The molecular weight excluding hydrogens is 512 g/mol. The van der Waals surface area contributed by atoms with Crippen molar-refractivity contribution in [3.63, 3.8) is 0 Å². The van der Waals surface area contributed by atoms with Crippen LogP contribution in [0.25, 0.3) is 5.52 Å². The lowest BCUT2D eigenvalue weighted by atomic mass is 10.0. The van der Waals surface area contributed by atoms with Crippen LogP contribution in [0, 0.1) is 18.3 Å². The summed E-state index contributed by atoms with van der Waals surface area (Å²) in [5.41, 5.74) is 1.94. The van der Waals surface area contributed by atoms with Crippen LogP contribution in [0.15, 0.2) is 39.7 Å². The predicted molar refractivity (Wildman–Crippen MR) is 137 cm³/mol. The summed E-state index contributed by atoms with van der Waals surface area (Å²) in [6.45, 7) is 8.82. The van der Waals surface area contributed by atoms with Gasteiger partial charge in [0.15, 0.2) is 0 Å². The second-order valence-electron chi connectivity index (χ2n) is 9.88. The zero-order valence-corrected chi connectivity index (χ0v) is 21.9. The molecule has 35 heavy (non-hydrogen) atoms. The van der Waals surface area contributed by atoms with Crippen molar-refractivity contribution in [3.05, 3.63) is 62.0 Å². The Balaban J connectivity index is 1.71. The first-order valence-corrected chi connectivity index (χ1v) is 12.4. The standard InChI is InChI=1S/C25H29BrN6O3/c1-16-7-8-17(12-27)18(10-16)13-31-22(33)21-11-19(26)14-32(21)29-23(31)30-9-5-6-20(15-30)28-24(34)35-25(2,3)4/h7-8,10-11,14,20H,5-6,9,13,15H2,1-4H3,(H,28,34)/t20-/m1/s1. The quantitative estimate of drug-likeness (QED) is 0.536. The predicted octanol–water partition coefficient (Wildman–Crippen LogP) is 3.98. The monoisotopic (exact) mass is 540 g/mol. The number of nitriles is 1. The van der Waals surface area contributed by atoms with Gasteiger partial charge in [-0.25, -0.2) is 9.31 Å². The van der Waals surface area contributed by atoms with E-state index in [1.165, 1.54) is 0 Å². The molecule has 0 bridgehead atoms. The maximum Gasteiger partial charge on any atom is 0.407 e. The van der Waals surface area contributed by atoms with E-state index in [2.05, 4.69) is 27.3 Å². The molecule has 1 fully saturated rings. The number of nitrogens with zero attached hydrogens (tertiary/aromatic N) is 5. The minimum Gasteiger partial charge on any atom is -0.444 e. The second kappa shape index (κ2) is 9.74. The number of amides is 1. The van der Waals surface area contributed by atoms with E-state index >= 15 is 0 Å². The zero-order chi connectivity index (χ0) is 25.3. The van der Waals surface area contributed by atoms with Gasteiger partial charge in [-0.3, -0.25) is 9.36 Å². The molecule has 0 spiro atoms. The van der Waals surface area contributed by atoms with Gasteiger partial charge < -0.3 is 15.0 Å². The number of hydrogen-bond acceptors (Lipinski definition) is 6. The molecule has 3 aromatic rings. The van der Waals surface area contributed by atoms with Crippen molar-refractivity contribution in [2.45, 2.75) is 58.7 Å². The first-order chi connectivity index (χ1) is 16.5. The lowest BCUT2D eigenvalue weighted by molar-refractivity contribution is 0.0499. The molecule has 1 saturated heterocycles. The molecule has 1 amide bonds. The van der Waals surface area contributed by atoms with Crippen LogP contribution in [-0.2, 0) is 11.3 Å². The van der Waals surface area contributed by atoms with Gasteiger partial charge in [0.25, 0.3) is 5.56 Å². The van der Waals surface area contributed by atoms with Gasteiger partial charge in [-0.05, 0) is 74.2 Å². The number of aryl methyl sites for hydroxylation is 1. The number of piperidine rings is 1. The third-order valence-corrected chi connectivity index (χ3v) is 6.24. The first-order valence-electron chi connectivity index (χ1n) is 11.6. The molecule has 9 nitrogen and oxygen atoms in total. The molecule has 4 rings (SSSR count). The first kappa shape index (κ1) is 24.8. The number of halogens is 1. The van der Waals surface area contributed by atoms with Crippen LogP contribution in [-0.4, -0.2) is 45.0 Å². The Kier molecular flexibility index (Phi) is 6.90. The van der Waals surface area contributed by atoms with Crippen molar-refractivity contribution in [2.75, 3.05) is 18.0 Å². The molecule has 1 atom stereocenters. The number of rotatable bonds is 4. The van der Waals surface area contributed by atoms with Gasteiger partial charge in [0.2, 0.25) is 5.95 Å².